The molecule has 0 spiro atoms. The van der Waals surface area contributed by atoms with E-state index in [9.17, 15) is 22.8 Å². The summed E-state index contributed by atoms with van der Waals surface area (Å²) in [5.74, 6) is -0.772. The zero-order chi connectivity index (χ0) is 31.4. The predicted molar refractivity (Wildman–Crippen MR) is 162 cm³/mol. The first-order valence-electron chi connectivity index (χ1n) is 16.3. The molecule has 0 saturated heterocycles. The third-order valence-corrected chi connectivity index (χ3v) is 8.27. The molecule has 11 heteroatoms. The van der Waals surface area contributed by atoms with Crippen molar-refractivity contribution >= 4 is 17.8 Å². The topological polar surface area (TPSA) is 85.7 Å². The average Bonchev–Trinajstić information content (AvgIpc) is 3.35. The minimum Gasteiger partial charge on any atom is -0.493 e. The van der Waals surface area contributed by atoms with Crippen molar-refractivity contribution in [2.75, 3.05) is 31.6 Å². The molecule has 8 nitrogen and oxygen atoms in total. The molecule has 2 aliphatic rings. The summed E-state index contributed by atoms with van der Waals surface area (Å²) < 4.78 is 53.8. The number of aromatic nitrogens is 2. The van der Waals surface area contributed by atoms with Crippen LogP contribution < -0.4 is 10.1 Å². The highest BCUT2D eigenvalue weighted by Gasteiger charge is 2.38. The minimum atomic E-state index is -4.56. The van der Waals surface area contributed by atoms with Gasteiger partial charge in [0.1, 0.15) is 12.3 Å². The number of benzene rings is 1. The van der Waals surface area contributed by atoms with E-state index in [1.165, 1.54) is 38.5 Å². The normalized spacial score (nSPS) is 16.6. The molecule has 1 aromatic carbocycles. The minimum absolute atomic E-state index is 0.170. The number of carbonyl (C=O) groups excluding carboxylic acids is 2. The van der Waals surface area contributed by atoms with Crippen LogP contribution in [0.5, 0.6) is 5.75 Å². The maximum absolute atomic E-state index is 13.5. The van der Waals surface area contributed by atoms with Crippen LogP contribution in [0.4, 0.5) is 19.1 Å². The molecule has 0 radical (unpaired) electrons. The first-order valence-corrected chi connectivity index (χ1v) is 16.3. The zero-order valence-electron chi connectivity index (χ0n) is 25.9. The number of fused-ring (bicyclic) bond motifs is 2. The molecule has 2 aromatic rings. The standard InChI is InChI=1S/C33H47F3N4O4/c1-2-3-4-5-6-7-8-9-10-17-44-30(41)21-26-19-25-12-13-29(20-27(25)22-40(31(26)42)24-33(34,35)36)43-18-14-28-23-39-16-11-15-37-32(39)38-28/h12-13,20,23,26H,2-11,14-19,21-22,24H2,1H3,(H,37,38). The number of amides is 1. The number of esters is 1. The fourth-order valence-corrected chi connectivity index (χ4v) is 5.93. The first kappa shape index (κ1) is 33.6. The van der Waals surface area contributed by atoms with E-state index in [-0.39, 0.29) is 26.0 Å². The number of imidazole rings is 1. The van der Waals surface area contributed by atoms with Crippen LogP contribution in [0, 0.1) is 5.92 Å². The summed E-state index contributed by atoms with van der Waals surface area (Å²) in [5.41, 5.74) is 2.23. The molecule has 1 aromatic heterocycles. The van der Waals surface area contributed by atoms with Crippen molar-refractivity contribution in [3.63, 3.8) is 0 Å². The van der Waals surface area contributed by atoms with Gasteiger partial charge in [-0.3, -0.25) is 9.59 Å². The Labute approximate surface area is 258 Å². The van der Waals surface area contributed by atoms with Crippen molar-refractivity contribution in [3.8, 4) is 5.75 Å². The van der Waals surface area contributed by atoms with Gasteiger partial charge in [-0.15, -0.1) is 0 Å². The molecule has 1 amide bonds. The van der Waals surface area contributed by atoms with E-state index in [0.717, 1.165) is 60.9 Å². The average molecular weight is 621 g/mol. The van der Waals surface area contributed by atoms with Crippen LogP contribution in [0.15, 0.2) is 24.4 Å². The number of nitrogens with one attached hydrogen (secondary N) is 1. The Bertz CT molecular complexity index is 1190. The number of halogens is 3. The van der Waals surface area contributed by atoms with Gasteiger partial charge in [0.25, 0.3) is 0 Å². The molecule has 2 aliphatic heterocycles. The molecular weight excluding hydrogens is 573 g/mol. The summed E-state index contributed by atoms with van der Waals surface area (Å²) in [6, 6.07) is 5.26. The number of nitrogens with zero attached hydrogens (tertiary/aromatic N) is 3. The Morgan fingerprint density at radius 1 is 1.05 bits per heavy atom. The Balaban J connectivity index is 1.29. The number of anilines is 1. The van der Waals surface area contributed by atoms with Crippen LogP contribution in [0.2, 0.25) is 0 Å². The van der Waals surface area contributed by atoms with Gasteiger partial charge < -0.3 is 24.3 Å². The number of hydrogen-bond acceptors (Lipinski definition) is 6. The lowest BCUT2D eigenvalue weighted by Crippen LogP contribution is -2.41. The molecule has 0 aliphatic carbocycles. The molecule has 1 N–H and O–H groups in total. The summed E-state index contributed by atoms with van der Waals surface area (Å²) >= 11 is 0. The quantitative estimate of drug-likeness (QED) is 0.154. The van der Waals surface area contributed by atoms with Crippen LogP contribution >= 0.6 is 0 Å². The lowest BCUT2D eigenvalue weighted by molar-refractivity contribution is -0.165. The molecular formula is C33H47F3N4O4. The van der Waals surface area contributed by atoms with Gasteiger partial charge in [-0.25, -0.2) is 4.98 Å². The maximum atomic E-state index is 13.5. The van der Waals surface area contributed by atoms with E-state index in [1.807, 2.05) is 6.20 Å². The number of carbonyl (C=O) groups is 2. The van der Waals surface area contributed by atoms with E-state index >= 15 is 0 Å². The van der Waals surface area contributed by atoms with Crippen molar-refractivity contribution < 1.29 is 32.2 Å². The van der Waals surface area contributed by atoms with Crippen LogP contribution in [0.25, 0.3) is 0 Å². The van der Waals surface area contributed by atoms with E-state index in [0.29, 0.717) is 24.3 Å². The molecule has 0 saturated carbocycles. The molecule has 0 fully saturated rings. The van der Waals surface area contributed by atoms with Crippen LogP contribution in [-0.4, -0.2) is 58.8 Å². The summed E-state index contributed by atoms with van der Waals surface area (Å²) in [7, 11) is 0. The summed E-state index contributed by atoms with van der Waals surface area (Å²) in [5, 5.41) is 3.27. The highest BCUT2D eigenvalue weighted by Crippen LogP contribution is 2.30. The zero-order valence-corrected chi connectivity index (χ0v) is 25.9. The molecule has 44 heavy (non-hydrogen) atoms. The van der Waals surface area contributed by atoms with Crippen molar-refractivity contribution in [1.29, 1.82) is 0 Å². The Hall–Kier alpha value is -3.24. The van der Waals surface area contributed by atoms with Crippen molar-refractivity contribution in [2.45, 2.75) is 110 Å². The predicted octanol–water partition coefficient (Wildman–Crippen LogP) is 6.85. The van der Waals surface area contributed by atoms with Gasteiger partial charge in [0, 0.05) is 32.3 Å². The third kappa shape index (κ3) is 10.7. The molecule has 244 valence electrons. The van der Waals surface area contributed by atoms with Gasteiger partial charge in [0.15, 0.2) is 0 Å². The summed E-state index contributed by atoms with van der Waals surface area (Å²) in [4.78, 5) is 31.2. The van der Waals surface area contributed by atoms with E-state index < -0.39 is 30.5 Å². The largest absolute Gasteiger partial charge is 0.493 e. The van der Waals surface area contributed by atoms with Crippen LogP contribution in [0.3, 0.4) is 0 Å². The van der Waals surface area contributed by atoms with Crippen LogP contribution in [-0.2, 0) is 40.3 Å². The molecule has 0 bridgehead atoms. The first-order chi connectivity index (χ1) is 21.2. The lowest BCUT2D eigenvalue weighted by atomic mass is 9.94. The second-order valence-corrected chi connectivity index (χ2v) is 12.0. The van der Waals surface area contributed by atoms with Crippen molar-refractivity contribution in [3.05, 3.63) is 41.2 Å². The number of aryl methyl sites for hydroxylation is 1. The molecule has 1 unspecified atom stereocenters. The number of hydrogen-bond donors (Lipinski definition) is 1. The highest BCUT2D eigenvalue weighted by molar-refractivity contribution is 5.84. The third-order valence-electron chi connectivity index (χ3n) is 8.27. The number of ether oxygens (including phenoxy) is 2. The second-order valence-electron chi connectivity index (χ2n) is 12.0. The van der Waals surface area contributed by atoms with E-state index in [1.54, 1.807) is 18.2 Å². The van der Waals surface area contributed by atoms with Crippen molar-refractivity contribution in [2.24, 2.45) is 5.92 Å². The molecule has 4 rings (SSSR count). The Kier molecular flexibility index (Phi) is 12.8. The van der Waals surface area contributed by atoms with E-state index in [4.69, 9.17) is 9.47 Å². The van der Waals surface area contributed by atoms with Crippen molar-refractivity contribution in [1.82, 2.24) is 14.5 Å². The molecule has 3 heterocycles. The lowest BCUT2D eigenvalue weighted by Gasteiger charge is -2.25. The van der Waals surface area contributed by atoms with Crippen LogP contribution in [0.1, 0.15) is 94.4 Å². The maximum Gasteiger partial charge on any atom is 0.406 e. The Morgan fingerprint density at radius 3 is 2.52 bits per heavy atom. The SMILES string of the molecule is CCCCCCCCCCCOC(=O)CC1Cc2ccc(OCCc3cn4c(n3)NCCC4)cc2CN(CC(F)(F)F)C1=O. The monoisotopic (exact) mass is 620 g/mol. The van der Waals surface area contributed by atoms with Gasteiger partial charge in [0.2, 0.25) is 11.9 Å². The number of alkyl halides is 3. The van der Waals surface area contributed by atoms with Gasteiger partial charge in [-0.2, -0.15) is 13.2 Å². The Morgan fingerprint density at radius 2 is 1.80 bits per heavy atom. The van der Waals surface area contributed by atoms with Gasteiger partial charge in [-0.05, 0) is 42.5 Å². The number of unbranched alkanes of at least 4 members (excludes halogenated alkanes) is 8. The van der Waals surface area contributed by atoms with Gasteiger partial charge >= 0.3 is 12.1 Å². The highest BCUT2D eigenvalue weighted by atomic mass is 19.4. The van der Waals surface area contributed by atoms with Gasteiger partial charge in [-0.1, -0.05) is 64.4 Å². The number of rotatable bonds is 17. The smallest absolute Gasteiger partial charge is 0.406 e. The summed E-state index contributed by atoms with van der Waals surface area (Å²) in [6.07, 6.45) is 9.22. The fraction of sp³-hybridized carbons (Fsp3) is 0.667. The molecule has 1 atom stereocenters. The van der Waals surface area contributed by atoms with Gasteiger partial charge in [0.05, 0.1) is 31.2 Å². The second kappa shape index (κ2) is 16.7. The fourth-order valence-electron chi connectivity index (χ4n) is 5.93. The van der Waals surface area contributed by atoms with E-state index in [2.05, 4.69) is 21.8 Å². The summed E-state index contributed by atoms with van der Waals surface area (Å²) in [6.45, 7) is 3.06.